The minimum absolute atomic E-state index is 0.208. The van der Waals surface area contributed by atoms with Gasteiger partial charge in [0.2, 0.25) is 0 Å². The van der Waals surface area contributed by atoms with Crippen LogP contribution in [0.3, 0.4) is 0 Å². The van der Waals surface area contributed by atoms with Crippen LogP contribution in [-0.2, 0) is 17.7 Å². The molecule has 3 aliphatic heterocycles. The van der Waals surface area contributed by atoms with Crippen LogP contribution in [0.15, 0.2) is 36.4 Å². The van der Waals surface area contributed by atoms with Gasteiger partial charge in [0.05, 0.1) is 25.5 Å². The summed E-state index contributed by atoms with van der Waals surface area (Å²) in [7, 11) is 0. The average Bonchev–Trinajstić information content (AvgIpc) is 3.68. The van der Waals surface area contributed by atoms with Gasteiger partial charge < -0.3 is 19.5 Å². The summed E-state index contributed by atoms with van der Waals surface area (Å²) in [6, 6.07) is 13.0. The van der Waals surface area contributed by atoms with Crippen molar-refractivity contribution in [3.8, 4) is 27.4 Å². The molecule has 4 heterocycles. The molecule has 6 nitrogen and oxygen atoms in total. The number of rotatable bonds is 9. The lowest BCUT2D eigenvalue weighted by molar-refractivity contribution is 0.151. The van der Waals surface area contributed by atoms with Gasteiger partial charge in [0.1, 0.15) is 10.8 Å². The summed E-state index contributed by atoms with van der Waals surface area (Å²) >= 11 is 1.80. The molecule has 3 aromatic rings. The van der Waals surface area contributed by atoms with E-state index in [0.29, 0.717) is 5.41 Å². The first kappa shape index (κ1) is 26.9. The fourth-order valence-electron chi connectivity index (χ4n) is 6.58. The topological polar surface area (TPSA) is 58.1 Å². The van der Waals surface area contributed by atoms with Gasteiger partial charge in [-0.2, -0.15) is 0 Å². The van der Waals surface area contributed by atoms with E-state index in [1.54, 1.807) is 11.3 Å². The Morgan fingerprint density at radius 1 is 1.00 bits per heavy atom. The Bertz CT molecular complexity index is 1300. The summed E-state index contributed by atoms with van der Waals surface area (Å²) in [6.45, 7) is 13.3. The molecule has 1 unspecified atom stereocenters. The summed E-state index contributed by atoms with van der Waals surface area (Å²) in [5.74, 6) is 0.980. The molecule has 0 amide bonds. The Kier molecular flexibility index (Phi) is 8.05. The Morgan fingerprint density at radius 2 is 1.82 bits per heavy atom. The number of hydrogen-bond donors (Lipinski definition) is 1. The number of aliphatic hydroxyl groups excluding tert-OH is 1. The third kappa shape index (κ3) is 5.66. The maximum atomic E-state index is 9.34. The highest BCUT2D eigenvalue weighted by atomic mass is 32.1. The normalized spacial score (nSPS) is 21.6. The quantitative estimate of drug-likeness (QED) is 0.366. The number of fused-ring (bicyclic) bond motifs is 1. The third-order valence-corrected chi connectivity index (χ3v) is 10.1. The first-order chi connectivity index (χ1) is 19.0. The number of benzene rings is 2. The van der Waals surface area contributed by atoms with E-state index in [1.807, 2.05) is 0 Å². The number of ether oxygens (including phenoxy) is 2. The van der Waals surface area contributed by atoms with Crippen LogP contribution in [-0.4, -0.2) is 79.0 Å². The van der Waals surface area contributed by atoms with E-state index in [9.17, 15) is 5.11 Å². The SMILES string of the molecule is Cc1c(OCCCN2CCC3(CCOC3)C2)cccc1-c1cccc(-c2nc3c(s2)CN(CCO)CC3)c1C. The smallest absolute Gasteiger partial charge is 0.124 e. The van der Waals surface area contributed by atoms with Gasteiger partial charge in [-0.3, -0.25) is 4.90 Å². The number of aromatic nitrogens is 1. The summed E-state index contributed by atoms with van der Waals surface area (Å²) in [5, 5.41) is 10.4. The molecule has 1 N–H and O–H groups in total. The van der Waals surface area contributed by atoms with Crippen molar-refractivity contribution in [2.45, 2.75) is 46.1 Å². The van der Waals surface area contributed by atoms with Crippen molar-refractivity contribution in [1.29, 1.82) is 0 Å². The van der Waals surface area contributed by atoms with Crippen molar-refractivity contribution < 1.29 is 14.6 Å². The maximum absolute atomic E-state index is 9.34. The van der Waals surface area contributed by atoms with Gasteiger partial charge in [0, 0.05) is 61.6 Å². The Hall–Kier alpha value is -2.29. The highest BCUT2D eigenvalue weighted by molar-refractivity contribution is 7.15. The lowest BCUT2D eigenvalue weighted by Crippen LogP contribution is -2.32. The van der Waals surface area contributed by atoms with Gasteiger partial charge in [-0.15, -0.1) is 11.3 Å². The molecular formula is C32H41N3O3S. The average molecular weight is 548 g/mol. The van der Waals surface area contributed by atoms with Crippen molar-refractivity contribution in [2.75, 3.05) is 59.2 Å². The molecule has 2 saturated heterocycles. The van der Waals surface area contributed by atoms with Crippen LogP contribution in [0, 0.1) is 19.3 Å². The molecular weight excluding hydrogens is 506 g/mol. The number of hydrogen-bond acceptors (Lipinski definition) is 7. The Labute approximate surface area is 236 Å². The largest absolute Gasteiger partial charge is 0.493 e. The zero-order chi connectivity index (χ0) is 26.8. The van der Waals surface area contributed by atoms with Crippen LogP contribution in [0.4, 0.5) is 0 Å². The molecule has 0 radical (unpaired) electrons. The van der Waals surface area contributed by atoms with Crippen LogP contribution < -0.4 is 4.74 Å². The number of aliphatic hydroxyl groups is 1. The fraction of sp³-hybridized carbons (Fsp3) is 0.531. The second-order valence-electron chi connectivity index (χ2n) is 11.6. The molecule has 7 heteroatoms. The molecule has 39 heavy (non-hydrogen) atoms. The van der Waals surface area contributed by atoms with Gasteiger partial charge in [-0.25, -0.2) is 4.98 Å². The van der Waals surface area contributed by atoms with Crippen LogP contribution >= 0.6 is 11.3 Å². The van der Waals surface area contributed by atoms with Gasteiger partial charge >= 0.3 is 0 Å². The molecule has 2 fully saturated rings. The van der Waals surface area contributed by atoms with Crippen molar-refractivity contribution in [3.05, 3.63) is 58.1 Å². The maximum Gasteiger partial charge on any atom is 0.124 e. The Balaban J connectivity index is 1.13. The first-order valence-corrected chi connectivity index (χ1v) is 15.3. The monoisotopic (exact) mass is 547 g/mol. The zero-order valence-electron chi connectivity index (χ0n) is 23.4. The second kappa shape index (κ2) is 11.7. The number of thiazole rings is 1. The molecule has 208 valence electrons. The molecule has 0 saturated carbocycles. The molecule has 0 aliphatic carbocycles. The molecule has 1 spiro atoms. The van der Waals surface area contributed by atoms with Crippen LogP contribution in [0.5, 0.6) is 5.75 Å². The number of β-amino-alcohol motifs (C(OH)–C–C–N with tert-alkyl or cyclic N) is 1. The Morgan fingerprint density at radius 3 is 2.64 bits per heavy atom. The van der Waals surface area contributed by atoms with Gasteiger partial charge in [0.15, 0.2) is 0 Å². The predicted molar refractivity (Wildman–Crippen MR) is 158 cm³/mol. The lowest BCUT2D eigenvalue weighted by Gasteiger charge is -2.24. The summed E-state index contributed by atoms with van der Waals surface area (Å²) < 4.78 is 12.0. The van der Waals surface area contributed by atoms with E-state index in [-0.39, 0.29) is 6.61 Å². The van der Waals surface area contributed by atoms with E-state index in [0.717, 1.165) is 69.6 Å². The second-order valence-corrected chi connectivity index (χ2v) is 12.7. The number of nitrogens with zero attached hydrogens (tertiary/aromatic N) is 3. The summed E-state index contributed by atoms with van der Waals surface area (Å²) in [6.07, 6.45) is 4.50. The van der Waals surface area contributed by atoms with Gasteiger partial charge in [0.25, 0.3) is 0 Å². The molecule has 2 aromatic carbocycles. The molecule has 3 aliphatic rings. The van der Waals surface area contributed by atoms with Crippen molar-refractivity contribution in [1.82, 2.24) is 14.8 Å². The van der Waals surface area contributed by atoms with E-state index in [4.69, 9.17) is 14.5 Å². The zero-order valence-corrected chi connectivity index (χ0v) is 24.2. The molecule has 0 bridgehead atoms. The van der Waals surface area contributed by atoms with E-state index in [1.165, 1.54) is 64.3 Å². The van der Waals surface area contributed by atoms with Crippen LogP contribution in [0.1, 0.15) is 41.0 Å². The van der Waals surface area contributed by atoms with Crippen LogP contribution in [0.25, 0.3) is 21.7 Å². The van der Waals surface area contributed by atoms with E-state index >= 15 is 0 Å². The van der Waals surface area contributed by atoms with E-state index in [2.05, 4.69) is 60.0 Å². The van der Waals surface area contributed by atoms with Crippen molar-refractivity contribution in [3.63, 3.8) is 0 Å². The van der Waals surface area contributed by atoms with Crippen LogP contribution in [0.2, 0.25) is 0 Å². The van der Waals surface area contributed by atoms with Gasteiger partial charge in [-0.1, -0.05) is 30.3 Å². The van der Waals surface area contributed by atoms with Gasteiger partial charge in [-0.05, 0) is 68.0 Å². The minimum atomic E-state index is 0.208. The highest BCUT2D eigenvalue weighted by Gasteiger charge is 2.40. The standard InChI is InChI=1S/C32H41N3O3S/c1-23-25(6-3-8-27(23)31-33-28-10-14-34(16-17-36)20-30(28)39-31)26-7-4-9-29(24(26)2)38-18-5-13-35-15-11-32(21-35)12-19-37-22-32/h3-4,6-9,36H,5,10-22H2,1-2H3. The van der Waals surface area contributed by atoms with Crippen molar-refractivity contribution >= 4 is 11.3 Å². The lowest BCUT2D eigenvalue weighted by atomic mass is 9.87. The van der Waals surface area contributed by atoms with Crippen molar-refractivity contribution in [2.24, 2.45) is 5.41 Å². The first-order valence-electron chi connectivity index (χ1n) is 14.5. The number of likely N-dealkylation sites (tertiary alicyclic amines) is 1. The fourth-order valence-corrected chi connectivity index (χ4v) is 7.81. The molecule has 1 atom stereocenters. The third-order valence-electron chi connectivity index (χ3n) is 8.94. The van der Waals surface area contributed by atoms with E-state index < -0.39 is 0 Å². The summed E-state index contributed by atoms with van der Waals surface area (Å²) in [5.41, 5.74) is 7.78. The summed E-state index contributed by atoms with van der Waals surface area (Å²) in [4.78, 5) is 11.3. The predicted octanol–water partition coefficient (Wildman–Crippen LogP) is 5.33. The highest BCUT2D eigenvalue weighted by Crippen LogP contribution is 2.40. The molecule has 1 aromatic heterocycles. The molecule has 6 rings (SSSR count). The minimum Gasteiger partial charge on any atom is -0.493 e.